The van der Waals surface area contributed by atoms with Gasteiger partial charge in [-0.2, -0.15) is 18.3 Å². The Hall–Kier alpha value is -1.04. The first kappa shape index (κ1) is 9.51. The van der Waals surface area contributed by atoms with Crippen LogP contribution in [0, 0.1) is 0 Å². The number of alkyl halides is 3. The Morgan fingerprint density at radius 3 is 2.57 bits per heavy atom. The highest BCUT2D eigenvalue weighted by atomic mass is 19.4. The van der Waals surface area contributed by atoms with E-state index in [-0.39, 0.29) is 5.56 Å². The van der Waals surface area contributed by atoms with Gasteiger partial charge in [-0.3, -0.25) is 5.10 Å². The van der Waals surface area contributed by atoms with Crippen LogP contribution < -0.4 is 5.32 Å². The fourth-order valence-electron chi connectivity index (χ4n) is 1.64. The van der Waals surface area contributed by atoms with Crippen LogP contribution in [0.5, 0.6) is 0 Å². The van der Waals surface area contributed by atoms with Gasteiger partial charge in [0.25, 0.3) is 0 Å². The van der Waals surface area contributed by atoms with Crippen LogP contribution in [0.15, 0.2) is 6.20 Å². The highest BCUT2D eigenvalue weighted by Gasteiger charge is 2.49. The van der Waals surface area contributed by atoms with Crippen molar-refractivity contribution >= 4 is 0 Å². The minimum Gasteiger partial charge on any atom is -0.310 e. The Balaban J connectivity index is 2.40. The smallest absolute Gasteiger partial charge is 0.310 e. The molecule has 0 atom stereocenters. The van der Waals surface area contributed by atoms with Gasteiger partial charge in [-0.1, -0.05) is 0 Å². The SMILES string of the molecule is CNC1(c2cn[nH]c2C(F)(F)F)CC1. The molecular formula is C8H10F3N3. The van der Waals surface area contributed by atoms with Crippen LogP contribution in [-0.4, -0.2) is 17.2 Å². The van der Waals surface area contributed by atoms with Gasteiger partial charge in [-0.25, -0.2) is 0 Å². The second-order valence-electron chi connectivity index (χ2n) is 3.49. The predicted octanol–water partition coefficient (Wildman–Crippen LogP) is 1.64. The van der Waals surface area contributed by atoms with Crippen molar-refractivity contribution in [1.82, 2.24) is 15.5 Å². The maximum atomic E-state index is 12.5. The molecule has 3 nitrogen and oxygen atoms in total. The summed E-state index contributed by atoms with van der Waals surface area (Å²) < 4.78 is 37.4. The fraction of sp³-hybridized carbons (Fsp3) is 0.625. The zero-order chi connectivity index (χ0) is 10.4. The number of hydrogen-bond acceptors (Lipinski definition) is 2. The second-order valence-corrected chi connectivity index (χ2v) is 3.49. The van der Waals surface area contributed by atoms with Crippen LogP contribution in [0.4, 0.5) is 13.2 Å². The van der Waals surface area contributed by atoms with Gasteiger partial charge in [0.05, 0.1) is 6.20 Å². The zero-order valence-electron chi connectivity index (χ0n) is 7.57. The van der Waals surface area contributed by atoms with E-state index in [1.807, 2.05) is 5.10 Å². The van der Waals surface area contributed by atoms with Crippen molar-refractivity contribution in [3.05, 3.63) is 17.5 Å². The Bertz CT molecular complexity index is 338. The number of halogens is 3. The van der Waals surface area contributed by atoms with E-state index in [4.69, 9.17) is 0 Å². The molecule has 0 saturated heterocycles. The largest absolute Gasteiger partial charge is 0.433 e. The van der Waals surface area contributed by atoms with Crippen LogP contribution in [0.2, 0.25) is 0 Å². The molecule has 1 aliphatic rings. The molecule has 1 fully saturated rings. The van der Waals surface area contributed by atoms with Gasteiger partial charge in [0.2, 0.25) is 0 Å². The molecule has 1 saturated carbocycles. The Kier molecular flexibility index (Phi) is 1.85. The molecular weight excluding hydrogens is 195 g/mol. The Morgan fingerprint density at radius 1 is 1.50 bits per heavy atom. The lowest BCUT2D eigenvalue weighted by Crippen LogP contribution is -2.27. The lowest BCUT2D eigenvalue weighted by Gasteiger charge is -2.15. The third kappa shape index (κ3) is 1.30. The van der Waals surface area contributed by atoms with Crippen molar-refractivity contribution in [1.29, 1.82) is 0 Å². The fourth-order valence-corrected chi connectivity index (χ4v) is 1.64. The van der Waals surface area contributed by atoms with E-state index in [9.17, 15) is 13.2 Å². The van der Waals surface area contributed by atoms with Crippen LogP contribution >= 0.6 is 0 Å². The van der Waals surface area contributed by atoms with Crippen molar-refractivity contribution in [2.75, 3.05) is 7.05 Å². The predicted molar refractivity (Wildman–Crippen MR) is 43.6 cm³/mol. The van der Waals surface area contributed by atoms with E-state index in [1.54, 1.807) is 7.05 Å². The summed E-state index contributed by atoms with van der Waals surface area (Å²) in [6.07, 6.45) is -1.64. The number of hydrogen-bond donors (Lipinski definition) is 2. The lowest BCUT2D eigenvalue weighted by molar-refractivity contribution is -0.142. The standard InChI is InChI=1S/C8H10F3N3/c1-12-7(2-3-7)5-4-13-14-6(5)8(9,10)11/h4,12H,2-3H2,1H3,(H,13,14). The first-order chi connectivity index (χ1) is 6.49. The maximum Gasteiger partial charge on any atom is 0.433 e. The van der Waals surface area contributed by atoms with Crippen LogP contribution in [0.3, 0.4) is 0 Å². The molecule has 0 bridgehead atoms. The number of nitrogens with zero attached hydrogens (tertiary/aromatic N) is 1. The van der Waals surface area contributed by atoms with Crippen LogP contribution in [0.1, 0.15) is 24.1 Å². The number of aromatic amines is 1. The van der Waals surface area contributed by atoms with Gasteiger partial charge in [0, 0.05) is 11.1 Å². The monoisotopic (exact) mass is 205 g/mol. The molecule has 0 amide bonds. The van der Waals surface area contributed by atoms with Gasteiger partial charge >= 0.3 is 6.18 Å². The summed E-state index contributed by atoms with van der Waals surface area (Å²) in [5.74, 6) is 0. The van der Waals surface area contributed by atoms with E-state index in [0.717, 1.165) is 12.8 Å². The average Bonchev–Trinajstić information content (AvgIpc) is 2.72. The van der Waals surface area contributed by atoms with E-state index in [0.29, 0.717) is 0 Å². The molecule has 0 aromatic carbocycles. The van der Waals surface area contributed by atoms with Gasteiger partial charge < -0.3 is 5.32 Å². The van der Waals surface area contributed by atoms with Crippen LogP contribution in [-0.2, 0) is 11.7 Å². The first-order valence-electron chi connectivity index (χ1n) is 4.29. The molecule has 14 heavy (non-hydrogen) atoms. The molecule has 0 unspecified atom stereocenters. The molecule has 78 valence electrons. The van der Waals surface area contributed by atoms with Gasteiger partial charge in [0.1, 0.15) is 5.69 Å². The maximum absolute atomic E-state index is 12.5. The normalized spacial score (nSPS) is 19.7. The van der Waals surface area contributed by atoms with Crippen molar-refractivity contribution in [2.24, 2.45) is 0 Å². The lowest BCUT2D eigenvalue weighted by atomic mass is 10.1. The quantitative estimate of drug-likeness (QED) is 0.770. The summed E-state index contributed by atoms with van der Waals surface area (Å²) in [7, 11) is 1.67. The molecule has 1 aliphatic carbocycles. The second kappa shape index (κ2) is 2.73. The Morgan fingerprint density at radius 2 is 2.14 bits per heavy atom. The number of aromatic nitrogens is 2. The molecule has 0 radical (unpaired) electrons. The summed E-state index contributed by atoms with van der Waals surface area (Å²) in [6, 6.07) is 0. The van der Waals surface area contributed by atoms with Gasteiger partial charge in [-0.05, 0) is 19.9 Å². The summed E-state index contributed by atoms with van der Waals surface area (Å²) in [5, 5.41) is 8.38. The number of rotatable bonds is 2. The highest BCUT2D eigenvalue weighted by molar-refractivity contribution is 5.33. The highest BCUT2D eigenvalue weighted by Crippen LogP contribution is 2.48. The van der Waals surface area contributed by atoms with Gasteiger partial charge in [0.15, 0.2) is 0 Å². The minimum atomic E-state index is -4.35. The molecule has 1 aromatic heterocycles. The van der Waals surface area contributed by atoms with E-state index in [1.165, 1.54) is 6.20 Å². The molecule has 2 rings (SSSR count). The molecule has 0 spiro atoms. The number of H-pyrrole nitrogens is 1. The average molecular weight is 205 g/mol. The van der Waals surface area contributed by atoms with Crippen molar-refractivity contribution < 1.29 is 13.2 Å². The number of nitrogens with one attached hydrogen (secondary N) is 2. The molecule has 0 aliphatic heterocycles. The van der Waals surface area contributed by atoms with Crippen LogP contribution in [0.25, 0.3) is 0 Å². The summed E-state index contributed by atoms with van der Waals surface area (Å²) in [6.45, 7) is 0. The first-order valence-corrected chi connectivity index (χ1v) is 4.29. The summed E-state index contributed by atoms with van der Waals surface area (Å²) in [4.78, 5) is 0. The Labute approximate surface area is 78.7 Å². The minimum absolute atomic E-state index is 0.229. The third-order valence-electron chi connectivity index (χ3n) is 2.67. The van der Waals surface area contributed by atoms with E-state index in [2.05, 4.69) is 10.4 Å². The summed E-state index contributed by atoms with van der Waals surface area (Å²) in [5.41, 5.74) is -1.01. The van der Waals surface area contributed by atoms with E-state index < -0.39 is 17.4 Å². The van der Waals surface area contributed by atoms with E-state index >= 15 is 0 Å². The molecule has 1 aromatic rings. The molecule has 2 N–H and O–H groups in total. The van der Waals surface area contributed by atoms with Crippen molar-refractivity contribution in [3.63, 3.8) is 0 Å². The van der Waals surface area contributed by atoms with Crippen molar-refractivity contribution in [2.45, 2.75) is 24.6 Å². The molecule has 6 heteroatoms. The summed E-state index contributed by atoms with van der Waals surface area (Å²) >= 11 is 0. The van der Waals surface area contributed by atoms with Gasteiger partial charge in [-0.15, -0.1) is 0 Å². The zero-order valence-corrected chi connectivity index (χ0v) is 7.57. The topological polar surface area (TPSA) is 40.7 Å². The van der Waals surface area contributed by atoms with Crippen molar-refractivity contribution in [3.8, 4) is 0 Å². The molecule has 1 heterocycles. The third-order valence-corrected chi connectivity index (χ3v) is 2.67.